The standard InChI is InChI=1S/C14H20N2O3/c15-8-3-9-16(11-4-5-11)12(17)10-14(13(18)19)6-1-2-7-14/h11H,1-7,9-10H2,(H,18,19). The zero-order valence-corrected chi connectivity index (χ0v) is 11.1. The van der Waals surface area contributed by atoms with Crippen LogP contribution in [0.4, 0.5) is 0 Å². The molecular formula is C14H20N2O3. The van der Waals surface area contributed by atoms with Crippen molar-refractivity contribution in [2.45, 2.75) is 57.4 Å². The van der Waals surface area contributed by atoms with E-state index in [0.717, 1.165) is 25.7 Å². The van der Waals surface area contributed by atoms with E-state index in [2.05, 4.69) is 6.07 Å². The van der Waals surface area contributed by atoms with Crippen LogP contribution in [0.1, 0.15) is 51.4 Å². The highest BCUT2D eigenvalue weighted by Crippen LogP contribution is 2.42. The summed E-state index contributed by atoms with van der Waals surface area (Å²) in [5.74, 6) is -0.920. The minimum Gasteiger partial charge on any atom is -0.481 e. The zero-order chi connectivity index (χ0) is 13.9. The summed E-state index contributed by atoms with van der Waals surface area (Å²) in [6.07, 6.45) is 5.37. The first-order valence-electron chi connectivity index (χ1n) is 6.99. The summed E-state index contributed by atoms with van der Waals surface area (Å²) in [7, 11) is 0. The number of amides is 1. The molecule has 0 heterocycles. The maximum Gasteiger partial charge on any atom is 0.310 e. The number of carbonyl (C=O) groups is 2. The lowest BCUT2D eigenvalue weighted by molar-refractivity contribution is -0.153. The first-order valence-corrected chi connectivity index (χ1v) is 6.99. The van der Waals surface area contributed by atoms with Crippen LogP contribution < -0.4 is 0 Å². The average Bonchev–Trinajstić information content (AvgIpc) is 3.09. The maximum atomic E-state index is 12.3. The molecule has 0 aromatic carbocycles. The van der Waals surface area contributed by atoms with E-state index in [0.29, 0.717) is 25.8 Å². The van der Waals surface area contributed by atoms with Crippen LogP contribution >= 0.6 is 0 Å². The average molecular weight is 264 g/mol. The largest absolute Gasteiger partial charge is 0.481 e. The number of carbonyl (C=O) groups excluding carboxylic acids is 1. The van der Waals surface area contributed by atoms with Crippen molar-refractivity contribution in [2.24, 2.45) is 5.41 Å². The Kier molecular flexibility index (Phi) is 4.08. The summed E-state index contributed by atoms with van der Waals surface area (Å²) in [4.78, 5) is 25.5. The molecule has 2 fully saturated rings. The number of aliphatic carboxylic acids is 1. The number of carboxylic acid groups (broad SMARTS) is 1. The molecule has 0 atom stereocenters. The van der Waals surface area contributed by atoms with E-state index in [9.17, 15) is 14.7 Å². The first kappa shape index (κ1) is 13.9. The number of nitrogens with zero attached hydrogens (tertiary/aromatic N) is 2. The minimum atomic E-state index is -0.850. The fourth-order valence-electron chi connectivity index (χ4n) is 2.98. The molecule has 2 saturated carbocycles. The molecule has 0 unspecified atom stereocenters. The van der Waals surface area contributed by atoms with Gasteiger partial charge in [-0.1, -0.05) is 12.8 Å². The third kappa shape index (κ3) is 3.06. The zero-order valence-electron chi connectivity index (χ0n) is 11.1. The highest BCUT2D eigenvalue weighted by atomic mass is 16.4. The molecule has 0 saturated heterocycles. The fourth-order valence-corrected chi connectivity index (χ4v) is 2.98. The Labute approximate surface area is 113 Å². The van der Waals surface area contributed by atoms with E-state index < -0.39 is 11.4 Å². The number of carboxylic acids is 1. The van der Waals surface area contributed by atoms with Crippen LogP contribution in [0.3, 0.4) is 0 Å². The van der Waals surface area contributed by atoms with Crippen molar-refractivity contribution >= 4 is 11.9 Å². The smallest absolute Gasteiger partial charge is 0.310 e. The molecule has 0 aromatic heterocycles. The van der Waals surface area contributed by atoms with Gasteiger partial charge < -0.3 is 10.0 Å². The molecule has 2 rings (SSSR count). The molecule has 19 heavy (non-hydrogen) atoms. The van der Waals surface area contributed by atoms with Crippen molar-refractivity contribution in [1.29, 1.82) is 5.26 Å². The van der Waals surface area contributed by atoms with E-state index in [-0.39, 0.29) is 18.4 Å². The lowest BCUT2D eigenvalue weighted by Crippen LogP contribution is -2.40. The summed E-state index contributed by atoms with van der Waals surface area (Å²) in [6.45, 7) is 0.440. The van der Waals surface area contributed by atoms with Crippen LogP contribution in [0, 0.1) is 16.7 Å². The molecule has 0 aromatic rings. The third-order valence-electron chi connectivity index (χ3n) is 4.28. The van der Waals surface area contributed by atoms with Crippen LogP contribution in [0.5, 0.6) is 0 Å². The summed E-state index contributed by atoms with van der Waals surface area (Å²) < 4.78 is 0. The molecule has 1 amide bonds. The Bertz CT molecular complexity index is 403. The van der Waals surface area contributed by atoms with Crippen LogP contribution in [0.25, 0.3) is 0 Å². The summed E-state index contributed by atoms with van der Waals surface area (Å²) in [5, 5.41) is 18.0. The number of rotatable bonds is 6. The Morgan fingerprint density at radius 2 is 1.95 bits per heavy atom. The molecule has 5 heteroatoms. The van der Waals surface area contributed by atoms with E-state index in [4.69, 9.17) is 5.26 Å². The van der Waals surface area contributed by atoms with Gasteiger partial charge in [0.1, 0.15) is 0 Å². The maximum absolute atomic E-state index is 12.3. The van der Waals surface area contributed by atoms with Gasteiger partial charge in [0.2, 0.25) is 5.91 Å². The monoisotopic (exact) mass is 264 g/mol. The van der Waals surface area contributed by atoms with E-state index in [1.54, 1.807) is 4.90 Å². The quantitative estimate of drug-likeness (QED) is 0.794. The number of nitriles is 1. The Morgan fingerprint density at radius 1 is 1.32 bits per heavy atom. The summed E-state index contributed by atoms with van der Waals surface area (Å²) in [5.41, 5.74) is -0.850. The Balaban J connectivity index is 2.01. The molecule has 5 nitrogen and oxygen atoms in total. The van der Waals surface area contributed by atoms with E-state index in [1.807, 2.05) is 0 Å². The van der Waals surface area contributed by atoms with Gasteiger partial charge in [-0.3, -0.25) is 9.59 Å². The molecule has 2 aliphatic rings. The SMILES string of the molecule is N#CCCN(C(=O)CC1(C(=O)O)CCCC1)C1CC1. The van der Waals surface area contributed by atoms with E-state index in [1.165, 1.54) is 0 Å². The van der Waals surface area contributed by atoms with Crippen molar-refractivity contribution in [1.82, 2.24) is 4.90 Å². The van der Waals surface area contributed by atoms with Gasteiger partial charge in [0.15, 0.2) is 0 Å². The van der Waals surface area contributed by atoms with E-state index >= 15 is 0 Å². The molecular weight excluding hydrogens is 244 g/mol. The second kappa shape index (κ2) is 5.60. The number of hydrogen-bond donors (Lipinski definition) is 1. The van der Waals surface area contributed by atoms with Gasteiger partial charge in [-0.2, -0.15) is 5.26 Å². The fraction of sp³-hybridized carbons (Fsp3) is 0.786. The molecule has 2 aliphatic carbocycles. The Hall–Kier alpha value is -1.57. The van der Waals surface area contributed by atoms with Crippen LogP contribution in [-0.4, -0.2) is 34.5 Å². The first-order chi connectivity index (χ1) is 9.09. The number of hydrogen-bond acceptors (Lipinski definition) is 3. The lowest BCUT2D eigenvalue weighted by Gasteiger charge is -2.28. The van der Waals surface area contributed by atoms with Crippen LogP contribution in [-0.2, 0) is 9.59 Å². The van der Waals surface area contributed by atoms with Crippen molar-refractivity contribution in [3.8, 4) is 6.07 Å². The summed E-state index contributed by atoms with van der Waals surface area (Å²) in [6, 6.07) is 2.30. The van der Waals surface area contributed by atoms with Crippen molar-refractivity contribution in [3.63, 3.8) is 0 Å². The van der Waals surface area contributed by atoms with Crippen molar-refractivity contribution in [3.05, 3.63) is 0 Å². The van der Waals surface area contributed by atoms with Crippen LogP contribution in [0.2, 0.25) is 0 Å². The lowest BCUT2D eigenvalue weighted by atomic mass is 9.82. The van der Waals surface area contributed by atoms with Gasteiger partial charge in [-0.25, -0.2) is 0 Å². The van der Waals surface area contributed by atoms with Gasteiger partial charge in [0.05, 0.1) is 17.9 Å². The predicted octanol–water partition coefficient (Wildman–Crippen LogP) is 1.93. The Morgan fingerprint density at radius 3 is 2.42 bits per heavy atom. The molecule has 1 N–H and O–H groups in total. The second-order valence-corrected chi connectivity index (χ2v) is 5.70. The summed E-state index contributed by atoms with van der Waals surface area (Å²) >= 11 is 0. The highest BCUT2D eigenvalue weighted by molar-refractivity contribution is 5.85. The molecule has 0 spiro atoms. The topological polar surface area (TPSA) is 81.4 Å². The van der Waals surface area contributed by atoms with Gasteiger partial charge >= 0.3 is 5.97 Å². The van der Waals surface area contributed by atoms with Crippen molar-refractivity contribution in [2.75, 3.05) is 6.54 Å². The molecule has 0 aliphatic heterocycles. The second-order valence-electron chi connectivity index (χ2n) is 5.70. The van der Waals surface area contributed by atoms with Gasteiger partial charge in [-0.05, 0) is 25.7 Å². The normalized spacial score (nSPS) is 20.8. The third-order valence-corrected chi connectivity index (χ3v) is 4.28. The van der Waals surface area contributed by atoms with Gasteiger partial charge in [0, 0.05) is 19.0 Å². The predicted molar refractivity (Wildman–Crippen MR) is 68.1 cm³/mol. The molecule has 0 bridgehead atoms. The highest BCUT2D eigenvalue weighted by Gasteiger charge is 2.45. The van der Waals surface area contributed by atoms with Gasteiger partial charge in [0.25, 0.3) is 0 Å². The van der Waals surface area contributed by atoms with Gasteiger partial charge in [-0.15, -0.1) is 0 Å². The van der Waals surface area contributed by atoms with Crippen LogP contribution in [0.15, 0.2) is 0 Å². The molecule has 104 valence electrons. The van der Waals surface area contributed by atoms with Crippen molar-refractivity contribution < 1.29 is 14.7 Å². The minimum absolute atomic E-state index is 0.0814. The molecule has 0 radical (unpaired) electrons.